The Balaban J connectivity index is 1.88. The molecular weight excluding hydrogens is 304 g/mol. The summed E-state index contributed by atoms with van der Waals surface area (Å²) in [5.41, 5.74) is 2.02. The number of aliphatic hydroxyl groups is 1. The average molecular weight is 334 g/mol. The summed E-state index contributed by atoms with van der Waals surface area (Å²) in [6.45, 7) is 8.74. The number of pyridine rings is 1. The number of nitrogens with one attached hydrogen (secondary N) is 2. The van der Waals surface area contributed by atoms with Crippen LogP contribution >= 0.6 is 0 Å². The third-order valence-corrected chi connectivity index (χ3v) is 4.71. The molecule has 2 heterocycles. The van der Waals surface area contributed by atoms with Gasteiger partial charge >= 0.3 is 6.03 Å². The molecule has 2 rings (SSSR count). The molecule has 1 aliphatic rings. The van der Waals surface area contributed by atoms with E-state index in [4.69, 9.17) is 0 Å². The van der Waals surface area contributed by atoms with E-state index in [2.05, 4.69) is 20.5 Å². The molecule has 6 nitrogen and oxygen atoms in total. The fraction of sp³-hybridized carbons (Fsp3) is 0.667. The SMILES string of the molecule is CCC(C)C(O)CNC(=O)NCc1ccc(C)nc1N1CCCC1. The van der Waals surface area contributed by atoms with Crippen LogP contribution in [0.1, 0.15) is 44.4 Å². The number of nitrogens with zero attached hydrogens (tertiary/aromatic N) is 2. The quantitative estimate of drug-likeness (QED) is 0.714. The van der Waals surface area contributed by atoms with Crippen molar-refractivity contribution in [2.75, 3.05) is 24.5 Å². The number of carbonyl (C=O) groups excluding carboxylic acids is 1. The first-order valence-electron chi connectivity index (χ1n) is 8.92. The second-order valence-electron chi connectivity index (χ2n) is 6.65. The summed E-state index contributed by atoms with van der Waals surface area (Å²) in [7, 11) is 0. The number of aromatic nitrogens is 1. The first-order chi connectivity index (χ1) is 11.5. The number of rotatable bonds is 7. The normalized spacial score (nSPS) is 16.8. The van der Waals surface area contributed by atoms with Crippen molar-refractivity contribution in [2.24, 2.45) is 5.92 Å². The van der Waals surface area contributed by atoms with Gasteiger partial charge in [-0.05, 0) is 31.7 Å². The Labute approximate surface area is 144 Å². The predicted molar refractivity (Wildman–Crippen MR) is 96.1 cm³/mol. The van der Waals surface area contributed by atoms with E-state index in [1.807, 2.05) is 32.9 Å². The lowest BCUT2D eigenvalue weighted by molar-refractivity contribution is 0.114. The van der Waals surface area contributed by atoms with Gasteiger partial charge in [0.2, 0.25) is 0 Å². The second kappa shape index (κ2) is 8.87. The van der Waals surface area contributed by atoms with Gasteiger partial charge in [0.05, 0.1) is 6.10 Å². The molecule has 3 N–H and O–H groups in total. The van der Waals surface area contributed by atoms with Crippen LogP contribution in [-0.2, 0) is 6.54 Å². The maximum atomic E-state index is 12.0. The summed E-state index contributed by atoms with van der Waals surface area (Å²) in [5, 5.41) is 15.5. The topological polar surface area (TPSA) is 77.5 Å². The van der Waals surface area contributed by atoms with Crippen molar-refractivity contribution in [1.29, 1.82) is 0 Å². The van der Waals surface area contributed by atoms with Crippen LogP contribution in [0.4, 0.5) is 10.6 Å². The van der Waals surface area contributed by atoms with Gasteiger partial charge in [0, 0.05) is 37.4 Å². The van der Waals surface area contributed by atoms with Gasteiger partial charge in [-0.2, -0.15) is 0 Å². The van der Waals surface area contributed by atoms with E-state index in [1.165, 1.54) is 12.8 Å². The van der Waals surface area contributed by atoms with Crippen molar-refractivity contribution < 1.29 is 9.90 Å². The Morgan fingerprint density at radius 2 is 2.04 bits per heavy atom. The first-order valence-corrected chi connectivity index (χ1v) is 8.92. The maximum Gasteiger partial charge on any atom is 0.315 e. The number of anilines is 1. The van der Waals surface area contributed by atoms with Gasteiger partial charge in [0.1, 0.15) is 5.82 Å². The van der Waals surface area contributed by atoms with Crippen LogP contribution in [0.5, 0.6) is 0 Å². The second-order valence-corrected chi connectivity index (χ2v) is 6.65. The predicted octanol–water partition coefficient (Wildman–Crippen LogP) is 2.20. The lowest BCUT2D eigenvalue weighted by atomic mass is 10.0. The minimum atomic E-state index is -0.512. The van der Waals surface area contributed by atoms with Gasteiger partial charge in [-0.15, -0.1) is 0 Å². The van der Waals surface area contributed by atoms with Gasteiger partial charge in [-0.25, -0.2) is 9.78 Å². The Morgan fingerprint density at radius 3 is 2.71 bits per heavy atom. The van der Waals surface area contributed by atoms with E-state index in [0.717, 1.165) is 36.6 Å². The maximum absolute atomic E-state index is 12.0. The molecule has 2 amide bonds. The summed E-state index contributed by atoms with van der Waals surface area (Å²) in [6.07, 6.45) is 2.76. The van der Waals surface area contributed by atoms with E-state index in [9.17, 15) is 9.90 Å². The van der Waals surface area contributed by atoms with E-state index in [1.54, 1.807) is 0 Å². The van der Waals surface area contributed by atoms with Crippen LogP contribution < -0.4 is 15.5 Å². The molecule has 0 aliphatic carbocycles. The first kappa shape index (κ1) is 18.5. The highest BCUT2D eigenvalue weighted by Crippen LogP contribution is 2.22. The number of carbonyl (C=O) groups is 1. The van der Waals surface area contributed by atoms with Gasteiger partial charge < -0.3 is 20.6 Å². The molecule has 1 fully saturated rings. The summed E-state index contributed by atoms with van der Waals surface area (Å²) in [6, 6.07) is 3.75. The van der Waals surface area contributed by atoms with E-state index in [0.29, 0.717) is 6.54 Å². The molecule has 6 heteroatoms. The van der Waals surface area contributed by atoms with Crippen LogP contribution in [-0.4, -0.2) is 41.9 Å². The molecule has 1 saturated heterocycles. The minimum absolute atomic E-state index is 0.174. The lowest BCUT2D eigenvalue weighted by Crippen LogP contribution is -2.41. The fourth-order valence-electron chi connectivity index (χ4n) is 2.82. The minimum Gasteiger partial charge on any atom is -0.391 e. The standard InChI is InChI=1S/C18H30N4O2/c1-4-13(2)16(23)12-20-18(24)19-11-15-8-7-14(3)21-17(15)22-9-5-6-10-22/h7-8,13,16,23H,4-6,9-12H2,1-3H3,(H2,19,20,24). The largest absolute Gasteiger partial charge is 0.391 e. The zero-order valence-corrected chi connectivity index (χ0v) is 15.0. The molecule has 0 radical (unpaired) electrons. The van der Waals surface area contributed by atoms with E-state index < -0.39 is 6.10 Å². The van der Waals surface area contributed by atoms with Crippen molar-refractivity contribution in [2.45, 2.75) is 52.7 Å². The Bertz CT molecular complexity index is 544. The fourth-order valence-corrected chi connectivity index (χ4v) is 2.82. The molecule has 134 valence electrons. The van der Waals surface area contributed by atoms with Crippen molar-refractivity contribution in [3.05, 3.63) is 23.4 Å². The summed E-state index contributed by atoms with van der Waals surface area (Å²) >= 11 is 0. The van der Waals surface area contributed by atoms with Crippen LogP contribution in [0.15, 0.2) is 12.1 Å². The van der Waals surface area contributed by atoms with Gasteiger partial charge in [0.15, 0.2) is 0 Å². The number of hydrogen-bond acceptors (Lipinski definition) is 4. The van der Waals surface area contributed by atoms with Gasteiger partial charge in [0.25, 0.3) is 0 Å². The molecule has 0 bridgehead atoms. The monoisotopic (exact) mass is 334 g/mol. The third kappa shape index (κ3) is 5.09. The number of urea groups is 1. The molecule has 2 unspecified atom stereocenters. The molecule has 0 aromatic carbocycles. The molecular formula is C18H30N4O2. The Hall–Kier alpha value is -1.82. The lowest BCUT2D eigenvalue weighted by Gasteiger charge is -2.21. The van der Waals surface area contributed by atoms with Crippen LogP contribution in [0.2, 0.25) is 0 Å². The average Bonchev–Trinajstić information content (AvgIpc) is 3.12. The highest BCUT2D eigenvalue weighted by atomic mass is 16.3. The Morgan fingerprint density at radius 1 is 1.33 bits per heavy atom. The number of amides is 2. The number of aryl methyl sites for hydroxylation is 1. The third-order valence-electron chi connectivity index (χ3n) is 4.71. The molecule has 0 spiro atoms. The van der Waals surface area contributed by atoms with Crippen molar-refractivity contribution in [1.82, 2.24) is 15.6 Å². The number of hydrogen-bond donors (Lipinski definition) is 3. The number of aliphatic hydroxyl groups excluding tert-OH is 1. The van der Waals surface area contributed by atoms with Crippen LogP contribution in [0.3, 0.4) is 0 Å². The van der Waals surface area contributed by atoms with Crippen LogP contribution in [0, 0.1) is 12.8 Å². The van der Waals surface area contributed by atoms with Gasteiger partial charge in [-0.3, -0.25) is 0 Å². The molecule has 0 saturated carbocycles. The summed E-state index contributed by atoms with van der Waals surface area (Å²) in [4.78, 5) is 18.9. The summed E-state index contributed by atoms with van der Waals surface area (Å²) < 4.78 is 0. The van der Waals surface area contributed by atoms with E-state index >= 15 is 0 Å². The highest BCUT2D eigenvalue weighted by molar-refractivity contribution is 5.74. The molecule has 24 heavy (non-hydrogen) atoms. The van der Waals surface area contributed by atoms with Crippen molar-refractivity contribution >= 4 is 11.8 Å². The van der Waals surface area contributed by atoms with Gasteiger partial charge in [-0.1, -0.05) is 26.3 Å². The summed E-state index contributed by atoms with van der Waals surface area (Å²) in [5.74, 6) is 1.15. The zero-order valence-electron chi connectivity index (χ0n) is 15.0. The molecule has 2 atom stereocenters. The molecule has 1 aromatic heterocycles. The Kier molecular flexibility index (Phi) is 6.85. The zero-order chi connectivity index (χ0) is 17.5. The van der Waals surface area contributed by atoms with Crippen molar-refractivity contribution in [3.8, 4) is 0 Å². The van der Waals surface area contributed by atoms with Crippen molar-refractivity contribution in [3.63, 3.8) is 0 Å². The molecule has 1 aliphatic heterocycles. The van der Waals surface area contributed by atoms with E-state index in [-0.39, 0.29) is 18.5 Å². The van der Waals surface area contributed by atoms with Crippen LogP contribution in [0.25, 0.3) is 0 Å². The smallest absolute Gasteiger partial charge is 0.315 e. The highest BCUT2D eigenvalue weighted by Gasteiger charge is 2.18. The molecule has 1 aromatic rings.